The zero-order valence-corrected chi connectivity index (χ0v) is 28.2. The summed E-state index contributed by atoms with van der Waals surface area (Å²) in [4.78, 5) is 27.4. The van der Waals surface area contributed by atoms with Gasteiger partial charge in [0.15, 0.2) is 6.29 Å². The van der Waals surface area contributed by atoms with Crippen molar-refractivity contribution >= 4 is 12.1 Å². The molecular weight excluding hydrogens is 520 g/mol. The number of carbonyl (C=O) groups is 2. The highest BCUT2D eigenvalue weighted by Crippen LogP contribution is 2.87. The van der Waals surface area contributed by atoms with Gasteiger partial charge < -0.3 is 23.7 Å². The van der Waals surface area contributed by atoms with Gasteiger partial charge in [0.25, 0.3) is 0 Å². The van der Waals surface area contributed by atoms with Gasteiger partial charge in [-0.05, 0) is 90.9 Å². The summed E-state index contributed by atoms with van der Waals surface area (Å²) in [7, 11) is 0. The van der Waals surface area contributed by atoms with Crippen LogP contribution in [-0.2, 0) is 28.5 Å². The zero-order chi connectivity index (χ0) is 31.1. The third kappa shape index (κ3) is 5.23. The lowest BCUT2D eigenvalue weighted by Gasteiger charge is -2.75. The maximum absolute atomic E-state index is 14.2. The third-order valence-electron chi connectivity index (χ3n) is 11.5. The molecule has 1 spiro atoms. The van der Waals surface area contributed by atoms with Gasteiger partial charge in [-0.2, -0.15) is 0 Å². The normalized spacial score (nSPS) is 36.1. The number of hydrogen-bond acceptors (Lipinski definition) is 7. The number of esters is 1. The van der Waals surface area contributed by atoms with Crippen LogP contribution in [0.2, 0.25) is 0 Å². The van der Waals surface area contributed by atoms with Crippen LogP contribution in [0.15, 0.2) is 0 Å². The van der Waals surface area contributed by atoms with E-state index in [2.05, 4.69) is 55.4 Å². The van der Waals surface area contributed by atoms with E-state index in [0.717, 1.165) is 25.7 Å². The molecule has 0 amide bonds. The van der Waals surface area contributed by atoms with Gasteiger partial charge >= 0.3 is 12.1 Å². The standard InChI is InChI=1S/C34H58O7/c1-14-28(9,10)37-23(5)38-32-16-24-17-33(39-25(35)30(13,22(3)4)18-27(6,7)8)20-31(19-32,21-34(24,32)33)41-26(36)40-29(11,12)15-2/h22-24H,14-21H2,1-13H3. The van der Waals surface area contributed by atoms with E-state index in [1.165, 1.54) is 0 Å². The average Bonchev–Trinajstić information content (AvgIpc) is 3.17. The molecule has 7 nitrogen and oxygen atoms in total. The Morgan fingerprint density at radius 1 is 0.805 bits per heavy atom. The third-order valence-corrected chi connectivity index (χ3v) is 11.5. The van der Waals surface area contributed by atoms with Gasteiger partial charge in [-0.1, -0.05) is 48.5 Å². The van der Waals surface area contributed by atoms with E-state index >= 15 is 0 Å². The van der Waals surface area contributed by atoms with E-state index in [-0.39, 0.29) is 28.3 Å². The van der Waals surface area contributed by atoms with Crippen molar-refractivity contribution in [3.63, 3.8) is 0 Å². The van der Waals surface area contributed by atoms with Crippen molar-refractivity contribution in [1.82, 2.24) is 0 Å². The summed E-state index contributed by atoms with van der Waals surface area (Å²) in [6.45, 7) is 26.7. The molecule has 0 heterocycles. The van der Waals surface area contributed by atoms with Crippen molar-refractivity contribution in [3.8, 4) is 0 Å². The molecule has 7 unspecified atom stereocenters. The second-order valence-electron chi connectivity index (χ2n) is 17.0. The maximum Gasteiger partial charge on any atom is 0.509 e. The molecule has 4 fully saturated rings. The number of carbonyl (C=O) groups excluding carboxylic acids is 2. The molecule has 0 aliphatic heterocycles. The Labute approximate surface area is 249 Å². The van der Waals surface area contributed by atoms with Crippen LogP contribution < -0.4 is 0 Å². The maximum atomic E-state index is 14.2. The van der Waals surface area contributed by atoms with Gasteiger partial charge in [-0.25, -0.2) is 4.79 Å². The number of rotatable bonds is 12. The highest BCUT2D eigenvalue weighted by Gasteiger charge is 2.94. The molecule has 0 aromatic carbocycles. The summed E-state index contributed by atoms with van der Waals surface area (Å²) in [6.07, 6.45) is 4.49. The zero-order valence-electron chi connectivity index (χ0n) is 28.2. The van der Waals surface area contributed by atoms with Crippen LogP contribution in [0, 0.1) is 28.1 Å². The fraction of sp³-hybridized carbons (Fsp3) is 0.941. The lowest BCUT2D eigenvalue weighted by Crippen LogP contribution is -2.81. The fourth-order valence-corrected chi connectivity index (χ4v) is 8.89. The molecule has 0 aromatic rings. The average molecular weight is 579 g/mol. The van der Waals surface area contributed by atoms with E-state index in [4.69, 9.17) is 23.7 Å². The predicted molar refractivity (Wildman–Crippen MR) is 158 cm³/mol. The van der Waals surface area contributed by atoms with E-state index < -0.39 is 40.3 Å². The Morgan fingerprint density at radius 2 is 1.37 bits per heavy atom. The van der Waals surface area contributed by atoms with Gasteiger partial charge in [-0.3, -0.25) is 4.79 Å². The quantitative estimate of drug-likeness (QED) is 0.170. The van der Waals surface area contributed by atoms with E-state index in [0.29, 0.717) is 31.6 Å². The number of hydrogen-bond donors (Lipinski definition) is 0. The predicted octanol–water partition coefficient (Wildman–Crippen LogP) is 8.36. The Balaban J connectivity index is 1.67. The molecule has 0 saturated heterocycles. The van der Waals surface area contributed by atoms with Gasteiger partial charge in [0.2, 0.25) is 0 Å². The lowest BCUT2D eigenvalue weighted by molar-refractivity contribution is -0.399. The molecule has 0 radical (unpaired) electrons. The van der Waals surface area contributed by atoms with Crippen LogP contribution in [0.1, 0.15) is 141 Å². The molecule has 4 rings (SSSR count). The van der Waals surface area contributed by atoms with Gasteiger partial charge in [-0.15, -0.1) is 0 Å². The Bertz CT molecular complexity index is 1040. The molecule has 41 heavy (non-hydrogen) atoms. The molecule has 0 aromatic heterocycles. The van der Waals surface area contributed by atoms with Crippen LogP contribution in [0.5, 0.6) is 0 Å². The molecule has 4 saturated carbocycles. The van der Waals surface area contributed by atoms with E-state index in [9.17, 15) is 9.59 Å². The summed E-state index contributed by atoms with van der Waals surface area (Å²) in [5.74, 6) is 0.330. The summed E-state index contributed by atoms with van der Waals surface area (Å²) in [5.41, 5.74) is -4.10. The highest BCUT2D eigenvalue weighted by molar-refractivity contribution is 5.78. The smallest absolute Gasteiger partial charge is 0.458 e. The van der Waals surface area contributed by atoms with Gasteiger partial charge in [0.1, 0.15) is 16.8 Å². The second kappa shape index (κ2) is 9.84. The SMILES string of the molecule is CCC(C)(C)OC(=O)OC12CC3(OC(=O)C(C)(CC(C)(C)C)C(C)C)CC4CC(OC(C)OC(C)(C)CC)(C1)C43C2. The van der Waals surface area contributed by atoms with Crippen molar-refractivity contribution in [2.75, 3.05) is 0 Å². The van der Waals surface area contributed by atoms with Gasteiger partial charge in [0, 0.05) is 24.7 Å². The molecule has 4 aliphatic rings. The van der Waals surface area contributed by atoms with Crippen molar-refractivity contribution in [2.24, 2.45) is 28.1 Å². The first-order chi connectivity index (χ1) is 18.5. The van der Waals surface area contributed by atoms with Crippen molar-refractivity contribution in [1.29, 1.82) is 0 Å². The van der Waals surface area contributed by atoms with Crippen molar-refractivity contribution in [2.45, 2.75) is 176 Å². The van der Waals surface area contributed by atoms with Gasteiger partial charge in [0.05, 0.1) is 16.6 Å². The summed E-state index contributed by atoms with van der Waals surface area (Å²) >= 11 is 0. The minimum atomic E-state index is -0.801. The first-order valence-electron chi connectivity index (χ1n) is 16.0. The summed E-state index contributed by atoms with van der Waals surface area (Å²) in [5, 5.41) is 0. The van der Waals surface area contributed by atoms with Crippen LogP contribution in [0.3, 0.4) is 0 Å². The molecule has 2 bridgehead atoms. The first-order valence-corrected chi connectivity index (χ1v) is 16.0. The summed E-state index contributed by atoms with van der Waals surface area (Å²) in [6, 6.07) is 0. The number of ether oxygens (including phenoxy) is 5. The minimum Gasteiger partial charge on any atom is -0.458 e. The van der Waals surface area contributed by atoms with Crippen LogP contribution in [0.25, 0.3) is 0 Å². The van der Waals surface area contributed by atoms with Crippen LogP contribution >= 0.6 is 0 Å². The number of fused-ring (bicyclic) bond motifs is 1. The second-order valence-corrected chi connectivity index (χ2v) is 17.0. The first kappa shape index (κ1) is 32.6. The topological polar surface area (TPSA) is 80.3 Å². The van der Waals surface area contributed by atoms with Crippen molar-refractivity contribution < 1.29 is 33.3 Å². The molecule has 0 N–H and O–H groups in total. The Morgan fingerprint density at radius 3 is 1.88 bits per heavy atom. The molecule has 7 atom stereocenters. The molecule has 7 heteroatoms. The largest absolute Gasteiger partial charge is 0.509 e. The minimum absolute atomic E-state index is 0.0345. The Hall–Kier alpha value is -1.34. The summed E-state index contributed by atoms with van der Waals surface area (Å²) < 4.78 is 32.0. The fourth-order valence-electron chi connectivity index (χ4n) is 8.89. The monoisotopic (exact) mass is 578 g/mol. The van der Waals surface area contributed by atoms with Crippen molar-refractivity contribution in [3.05, 3.63) is 0 Å². The molecular formula is C34H58O7. The van der Waals surface area contributed by atoms with Crippen LogP contribution in [0.4, 0.5) is 4.79 Å². The van der Waals surface area contributed by atoms with E-state index in [1.54, 1.807) is 0 Å². The van der Waals surface area contributed by atoms with Crippen LogP contribution in [-0.4, -0.2) is 46.4 Å². The van der Waals surface area contributed by atoms with E-state index in [1.807, 2.05) is 34.6 Å². The Kier molecular flexibility index (Phi) is 7.81. The molecule has 4 aliphatic carbocycles. The molecule has 236 valence electrons. The lowest BCUT2D eigenvalue weighted by atomic mass is 9.34. The highest BCUT2D eigenvalue weighted by atomic mass is 16.7.